The van der Waals surface area contributed by atoms with Crippen LogP contribution in [0.4, 0.5) is 17.6 Å². The lowest BCUT2D eigenvalue weighted by molar-refractivity contribution is -0.145. The molecular weight excluding hydrogens is 378 g/mol. The summed E-state index contributed by atoms with van der Waals surface area (Å²) >= 11 is 0. The standard InChI is InChI=1S/C18H23N7O4/c1-2-3-6-29-16(28)14-11-24(17-22-9-13(19)10-23-17)4-5-25(14)18-20-7-12(8-21-18)15(26)27/h7-10,14H,2-6,11,19H2,1H3,(H,26,27). The molecule has 11 heteroatoms. The van der Waals surface area contributed by atoms with E-state index in [-0.39, 0.29) is 18.1 Å². The van der Waals surface area contributed by atoms with E-state index >= 15 is 0 Å². The number of carbonyl (C=O) groups is 2. The van der Waals surface area contributed by atoms with Crippen LogP contribution in [0.3, 0.4) is 0 Å². The van der Waals surface area contributed by atoms with Crippen molar-refractivity contribution in [3.05, 3.63) is 30.4 Å². The van der Waals surface area contributed by atoms with Gasteiger partial charge >= 0.3 is 11.9 Å². The molecule has 29 heavy (non-hydrogen) atoms. The summed E-state index contributed by atoms with van der Waals surface area (Å²) in [5, 5.41) is 9.03. The number of piperazine rings is 1. The summed E-state index contributed by atoms with van der Waals surface area (Å²) in [4.78, 5) is 44.1. The third-order valence-corrected chi connectivity index (χ3v) is 4.48. The predicted molar refractivity (Wildman–Crippen MR) is 105 cm³/mol. The Balaban J connectivity index is 1.81. The number of rotatable bonds is 7. The summed E-state index contributed by atoms with van der Waals surface area (Å²) in [7, 11) is 0. The Bertz CT molecular complexity index is 844. The van der Waals surface area contributed by atoms with Gasteiger partial charge in [-0.05, 0) is 6.42 Å². The van der Waals surface area contributed by atoms with E-state index in [4.69, 9.17) is 15.6 Å². The van der Waals surface area contributed by atoms with Crippen molar-refractivity contribution in [3.8, 4) is 0 Å². The second-order valence-corrected chi connectivity index (χ2v) is 6.57. The van der Waals surface area contributed by atoms with Gasteiger partial charge in [-0.2, -0.15) is 0 Å². The van der Waals surface area contributed by atoms with Crippen molar-refractivity contribution in [1.82, 2.24) is 19.9 Å². The molecular formula is C18H23N7O4. The van der Waals surface area contributed by atoms with Gasteiger partial charge in [-0.1, -0.05) is 13.3 Å². The normalized spacial score (nSPS) is 16.5. The number of aromatic nitrogens is 4. The van der Waals surface area contributed by atoms with Crippen molar-refractivity contribution in [3.63, 3.8) is 0 Å². The highest BCUT2D eigenvalue weighted by atomic mass is 16.5. The first kappa shape index (κ1) is 20.2. The molecule has 0 spiro atoms. The fourth-order valence-corrected chi connectivity index (χ4v) is 2.89. The van der Waals surface area contributed by atoms with E-state index in [1.54, 1.807) is 4.90 Å². The maximum atomic E-state index is 12.8. The lowest BCUT2D eigenvalue weighted by atomic mass is 10.1. The third kappa shape index (κ3) is 4.86. The quantitative estimate of drug-likeness (QED) is 0.496. The molecule has 0 amide bonds. The van der Waals surface area contributed by atoms with E-state index in [9.17, 15) is 9.59 Å². The molecule has 3 heterocycles. The second kappa shape index (κ2) is 9.13. The molecule has 154 valence electrons. The maximum absolute atomic E-state index is 12.8. The highest BCUT2D eigenvalue weighted by molar-refractivity contribution is 5.87. The Morgan fingerprint density at radius 2 is 1.79 bits per heavy atom. The summed E-state index contributed by atoms with van der Waals surface area (Å²) in [5.74, 6) is -0.778. The summed E-state index contributed by atoms with van der Waals surface area (Å²) in [6.45, 7) is 3.55. The van der Waals surface area contributed by atoms with Gasteiger partial charge < -0.3 is 25.4 Å². The van der Waals surface area contributed by atoms with Crippen molar-refractivity contribution in [2.45, 2.75) is 25.8 Å². The van der Waals surface area contributed by atoms with Gasteiger partial charge in [0.25, 0.3) is 0 Å². The van der Waals surface area contributed by atoms with Crippen LogP contribution in [-0.2, 0) is 9.53 Å². The Labute approximate surface area is 167 Å². The number of nitrogens with zero attached hydrogens (tertiary/aromatic N) is 6. The van der Waals surface area contributed by atoms with Crippen molar-refractivity contribution in [1.29, 1.82) is 0 Å². The van der Waals surface area contributed by atoms with Crippen LogP contribution in [0.15, 0.2) is 24.8 Å². The molecule has 0 aromatic carbocycles. The van der Waals surface area contributed by atoms with Gasteiger partial charge in [0.1, 0.15) is 6.04 Å². The zero-order valence-electron chi connectivity index (χ0n) is 16.1. The average molecular weight is 401 g/mol. The molecule has 0 bridgehead atoms. The highest BCUT2D eigenvalue weighted by Gasteiger charge is 2.36. The molecule has 0 saturated carbocycles. The minimum atomic E-state index is -1.11. The number of carbonyl (C=O) groups excluding carboxylic acids is 1. The van der Waals surface area contributed by atoms with Crippen molar-refractivity contribution in [2.24, 2.45) is 0 Å². The number of nitrogens with two attached hydrogens (primary N) is 1. The fraction of sp³-hybridized carbons (Fsp3) is 0.444. The average Bonchev–Trinajstić information content (AvgIpc) is 2.74. The Morgan fingerprint density at radius 1 is 1.14 bits per heavy atom. The molecule has 0 aliphatic carbocycles. The molecule has 3 rings (SSSR count). The summed E-state index contributed by atoms with van der Waals surface area (Å²) in [5.41, 5.74) is 6.08. The smallest absolute Gasteiger partial charge is 0.338 e. The first-order chi connectivity index (χ1) is 14.0. The number of esters is 1. The zero-order chi connectivity index (χ0) is 20.8. The number of unbranched alkanes of at least 4 members (excludes halogenated alkanes) is 1. The molecule has 0 radical (unpaired) electrons. The maximum Gasteiger partial charge on any atom is 0.338 e. The summed E-state index contributed by atoms with van der Waals surface area (Å²) in [6.07, 6.45) is 7.15. The van der Waals surface area contributed by atoms with Gasteiger partial charge in [0.05, 0.1) is 36.8 Å². The number of carboxylic acids is 1. The van der Waals surface area contributed by atoms with Crippen LogP contribution in [0.5, 0.6) is 0 Å². The molecule has 1 saturated heterocycles. The van der Waals surface area contributed by atoms with Crippen LogP contribution in [0.1, 0.15) is 30.1 Å². The minimum Gasteiger partial charge on any atom is -0.478 e. The number of aromatic carboxylic acids is 1. The number of hydrogen-bond donors (Lipinski definition) is 2. The lowest BCUT2D eigenvalue weighted by Gasteiger charge is -2.39. The van der Waals surface area contributed by atoms with E-state index in [1.165, 1.54) is 24.8 Å². The molecule has 2 aromatic rings. The highest BCUT2D eigenvalue weighted by Crippen LogP contribution is 2.21. The van der Waals surface area contributed by atoms with Crippen LogP contribution in [0.2, 0.25) is 0 Å². The number of carboxylic acid groups (broad SMARTS) is 1. The van der Waals surface area contributed by atoms with Crippen LogP contribution in [-0.4, -0.2) is 69.3 Å². The van der Waals surface area contributed by atoms with Crippen molar-refractivity contribution < 1.29 is 19.4 Å². The van der Waals surface area contributed by atoms with Gasteiger partial charge in [0, 0.05) is 25.5 Å². The predicted octanol–water partition coefficient (Wildman–Crippen LogP) is 0.586. The van der Waals surface area contributed by atoms with E-state index in [0.29, 0.717) is 31.3 Å². The van der Waals surface area contributed by atoms with E-state index in [2.05, 4.69) is 19.9 Å². The molecule has 2 aromatic heterocycles. The summed E-state index contributed by atoms with van der Waals surface area (Å²) < 4.78 is 5.42. The zero-order valence-corrected chi connectivity index (χ0v) is 16.1. The van der Waals surface area contributed by atoms with Gasteiger partial charge in [0.15, 0.2) is 0 Å². The molecule has 1 aliphatic heterocycles. The van der Waals surface area contributed by atoms with Crippen molar-refractivity contribution >= 4 is 29.5 Å². The van der Waals surface area contributed by atoms with Gasteiger partial charge in [0.2, 0.25) is 11.9 Å². The second-order valence-electron chi connectivity index (χ2n) is 6.57. The van der Waals surface area contributed by atoms with Crippen LogP contribution >= 0.6 is 0 Å². The molecule has 11 nitrogen and oxygen atoms in total. The lowest BCUT2D eigenvalue weighted by Crippen LogP contribution is -2.58. The molecule has 3 N–H and O–H groups in total. The first-order valence-electron chi connectivity index (χ1n) is 9.30. The van der Waals surface area contributed by atoms with Gasteiger partial charge in [-0.25, -0.2) is 29.5 Å². The molecule has 1 fully saturated rings. The number of ether oxygens (including phenoxy) is 1. The topological polar surface area (TPSA) is 148 Å². The number of hydrogen-bond acceptors (Lipinski definition) is 10. The van der Waals surface area contributed by atoms with Crippen LogP contribution < -0.4 is 15.5 Å². The largest absolute Gasteiger partial charge is 0.478 e. The van der Waals surface area contributed by atoms with Gasteiger partial charge in [-0.3, -0.25) is 0 Å². The van der Waals surface area contributed by atoms with E-state index < -0.39 is 18.0 Å². The Morgan fingerprint density at radius 3 is 2.41 bits per heavy atom. The summed E-state index contributed by atoms with van der Waals surface area (Å²) in [6, 6.07) is -0.683. The van der Waals surface area contributed by atoms with Crippen molar-refractivity contribution in [2.75, 3.05) is 41.8 Å². The fourth-order valence-electron chi connectivity index (χ4n) is 2.89. The van der Waals surface area contributed by atoms with Crippen LogP contribution in [0, 0.1) is 0 Å². The number of nitrogen functional groups attached to an aromatic ring is 1. The first-order valence-corrected chi connectivity index (χ1v) is 9.30. The molecule has 1 atom stereocenters. The molecule has 1 unspecified atom stereocenters. The minimum absolute atomic E-state index is 0.0234. The van der Waals surface area contributed by atoms with E-state index in [1.807, 2.05) is 11.8 Å². The van der Waals surface area contributed by atoms with Gasteiger partial charge in [-0.15, -0.1) is 0 Å². The van der Waals surface area contributed by atoms with E-state index in [0.717, 1.165) is 12.8 Å². The SMILES string of the molecule is CCCCOC(=O)C1CN(c2ncc(N)cn2)CCN1c1ncc(C(=O)O)cn1. The third-order valence-electron chi connectivity index (χ3n) is 4.48. The monoisotopic (exact) mass is 401 g/mol. The number of anilines is 3. The Hall–Kier alpha value is -3.50. The Kier molecular flexibility index (Phi) is 6.37. The molecule has 1 aliphatic rings. The van der Waals surface area contributed by atoms with Crippen LogP contribution in [0.25, 0.3) is 0 Å².